The van der Waals surface area contributed by atoms with Gasteiger partial charge in [-0.25, -0.2) is 0 Å². The number of ether oxygens (including phenoxy) is 4. The number of methoxy groups -OCH3 is 3. The number of hydrogen-bond acceptors (Lipinski definition) is 5. The fourth-order valence-electron chi connectivity index (χ4n) is 2.90. The second-order valence-corrected chi connectivity index (χ2v) is 6.74. The van der Waals surface area contributed by atoms with E-state index in [4.69, 9.17) is 30.5 Å². The minimum atomic E-state index is -0.364. The van der Waals surface area contributed by atoms with E-state index in [0.717, 1.165) is 0 Å². The van der Waals surface area contributed by atoms with Crippen molar-refractivity contribution in [1.82, 2.24) is 0 Å². The Morgan fingerprint density at radius 1 is 0.871 bits per heavy atom. The summed E-state index contributed by atoms with van der Waals surface area (Å²) in [5.41, 5.74) is 1.10. The van der Waals surface area contributed by atoms with Crippen molar-refractivity contribution < 1.29 is 23.7 Å². The molecule has 1 N–H and O–H groups in total. The normalized spacial score (nSPS) is 10.6. The Morgan fingerprint density at radius 2 is 1.58 bits per heavy atom. The molecule has 0 radical (unpaired) electrons. The quantitative estimate of drug-likeness (QED) is 0.448. The van der Waals surface area contributed by atoms with Gasteiger partial charge in [-0.15, -0.1) is 0 Å². The summed E-state index contributed by atoms with van der Waals surface area (Å²) < 4.78 is 22.0. The number of rotatable bonds is 8. The van der Waals surface area contributed by atoms with Crippen molar-refractivity contribution in [2.45, 2.75) is 0 Å². The molecule has 3 aromatic rings. The van der Waals surface area contributed by atoms with Gasteiger partial charge in [0, 0.05) is 16.7 Å². The fourth-order valence-corrected chi connectivity index (χ4v) is 3.07. The van der Waals surface area contributed by atoms with Crippen molar-refractivity contribution in [3.8, 4) is 28.7 Å². The Labute approximate surface area is 186 Å². The molecule has 0 bridgehead atoms. The Hall–Kier alpha value is -3.64. The van der Waals surface area contributed by atoms with E-state index in [9.17, 15) is 4.79 Å². The van der Waals surface area contributed by atoms with E-state index < -0.39 is 0 Å². The number of para-hydroxylation sites is 1. The predicted octanol–water partition coefficient (Wildman–Crippen LogP) is 5.81. The molecule has 6 nitrogen and oxygen atoms in total. The molecular weight excluding hydrogens is 418 g/mol. The highest BCUT2D eigenvalue weighted by molar-refractivity contribution is 6.31. The first-order chi connectivity index (χ1) is 15.0. The first-order valence-corrected chi connectivity index (χ1v) is 9.74. The fraction of sp³-hybridized carbons (Fsp3) is 0.125. The zero-order chi connectivity index (χ0) is 22.2. The third kappa shape index (κ3) is 5.49. The van der Waals surface area contributed by atoms with Crippen LogP contribution in [0.1, 0.15) is 5.56 Å². The lowest BCUT2D eigenvalue weighted by Gasteiger charge is -2.14. The number of hydrogen-bond donors (Lipinski definition) is 1. The number of benzene rings is 3. The highest BCUT2D eigenvalue weighted by Gasteiger charge is 2.15. The molecule has 160 valence electrons. The van der Waals surface area contributed by atoms with Crippen molar-refractivity contribution in [3.63, 3.8) is 0 Å². The summed E-state index contributed by atoms with van der Waals surface area (Å²) in [6, 6.07) is 17.8. The molecule has 0 saturated carbocycles. The van der Waals surface area contributed by atoms with Gasteiger partial charge in [-0.05, 0) is 48.5 Å². The zero-order valence-electron chi connectivity index (χ0n) is 17.3. The van der Waals surface area contributed by atoms with Crippen LogP contribution in [0.25, 0.3) is 6.08 Å². The Balaban J connectivity index is 1.81. The molecule has 0 aliphatic carbocycles. The van der Waals surface area contributed by atoms with Crippen LogP contribution >= 0.6 is 11.6 Å². The zero-order valence-corrected chi connectivity index (χ0v) is 18.1. The van der Waals surface area contributed by atoms with Gasteiger partial charge in [0.15, 0.2) is 17.2 Å². The van der Waals surface area contributed by atoms with Crippen LogP contribution in [0, 0.1) is 0 Å². The third-order valence-electron chi connectivity index (χ3n) is 4.32. The number of amides is 1. The van der Waals surface area contributed by atoms with E-state index in [2.05, 4.69) is 5.32 Å². The maximum atomic E-state index is 12.6. The van der Waals surface area contributed by atoms with Gasteiger partial charge < -0.3 is 24.3 Å². The maximum Gasteiger partial charge on any atom is 0.248 e. The van der Waals surface area contributed by atoms with E-state index in [-0.39, 0.29) is 5.91 Å². The molecule has 0 spiro atoms. The molecule has 0 fully saturated rings. The molecule has 3 rings (SSSR count). The number of carbonyl (C=O) groups excluding carboxylic acids is 1. The smallest absolute Gasteiger partial charge is 0.248 e. The largest absolute Gasteiger partial charge is 0.493 e. The van der Waals surface area contributed by atoms with Gasteiger partial charge in [0.1, 0.15) is 5.75 Å². The molecule has 7 heteroatoms. The summed E-state index contributed by atoms with van der Waals surface area (Å²) >= 11 is 6.11. The molecule has 31 heavy (non-hydrogen) atoms. The average Bonchev–Trinajstić information content (AvgIpc) is 2.79. The highest BCUT2D eigenvalue weighted by atomic mass is 35.5. The molecule has 1 amide bonds. The molecule has 0 aliphatic heterocycles. The van der Waals surface area contributed by atoms with E-state index in [1.807, 2.05) is 30.3 Å². The summed E-state index contributed by atoms with van der Waals surface area (Å²) in [5, 5.41) is 3.27. The SMILES string of the molecule is COc1ccc(C=CC(=O)Nc2cc(Cl)ccc2Oc2ccccc2)c(OC)c1OC. The topological polar surface area (TPSA) is 66.0 Å². The maximum absolute atomic E-state index is 12.6. The van der Waals surface area contributed by atoms with E-state index in [1.54, 1.807) is 43.5 Å². The number of carbonyl (C=O) groups is 1. The molecule has 0 heterocycles. The minimum Gasteiger partial charge on any atom is -0.493 e. The first-order valence-electron chi connectivity index (χ1n) is 9.36. The number of halogens is 1. The lowest BCUT2D eigenvalue weighted by Crippen LogP contribution is -2.09. The monoisotopic (exact) mass is 439 g/mol. The lowest BCUT2D eigenvalue weighted by atomic mass is 10.1. The Kier molecular flexibility index (Phi) is 7.40. The minimum absolute atomic E-state index is 0.364. The Bertz CT molecular complexity index is 1080. The van der Waals surface area contributed by atoms with Crippen LogP contribution in [-0.2, 0) is 4.79 Å². The number of anilines is 1. The molecule has 0 aromatic heterocycles. The molecule has 0 atom stereocenters. The first kappa shape index (κ1) is 22.1. The summed E-state index contributed by atoms with van der Waals surface area (Å²) in [4.78, 5) is 12.6. The summed E-state index contributed by atoms with van der Waals surface area (Å²) in [7, 11) is 4.59. The Morgan fingerprint density at radius 3 is 2.26 bits per heavy atom. The standard InChI is InChI=1S/C24H22ClNO5/c1-28-21-12-9-16(23(29-2)24(21)30-3)10-14-22(27)26-19-15-17(25)11-13-20(19)31-18-7-5-4-6-8-18/h4-15H,1-3H3,(H,26,27). The van der Waals surface area contributed by atoms with Crippen LogP contribution in [0.5, 0.6) is 28.7 Å². The van der Waals surface area contributed by atoms with Crippen LogP contribution in [0.2, 0.25) is 5.02 Å². The molecule has 3 aromatic carbocycles. The number of nitrogens with one attached hydrogen (secondary N) is 1. The average molecular weight is 440 g/mol. The van der Waals surface area contributed by atoms with Crippen LogP contribution < -0.4 is 24.3 Å². The lowest BCUT2D eigenvalue weighted by molar-refractivity contribution is -0.111. The summed E-state index contributed by atoms with van der Waals surface area (Å²) in [5.74, 6) is 2.19. The summed E-state index contributed by atoms with van der Waals surface area (Å²) in [6.07, 6.45) is 3.01. The van der Waals surface area contributed by atoms with E-state index in [0.29, 0.717) is 45.0 Å². The molecule has 0 saturated heterocycles. The highest BCUT2D eigenvalue weighted by Crippen LogP contribution is 2.40. The van der Waals surface area contributed by atoms with Gasteiger partial charge >= 0.3 is 0 Å². The van der Waals surface area contributed by atoms with Gasteiger partial charge in [-0.2, -0.15) is 0 Å². The van der Waals surface area contributed by atoms with Gasteiger partial charge in [0.2, 0.25) is 11.7 Å². The second kappa shape index (κ2) is 10.4. The van der Waals surface area contributed by atoms with Crippen molar-refractivity contribution in [2.75, 3.05) is 26.6 Å². The van der Waals surface area contributed by atoms with Crippen LogP contribution in [-0.4, -0.2) is 27.2 Å². The van der Waals surface area contributed by atoms with Crippen molar-refractivity contribution >= 4 is 29.3 Å². The third-order valence-corrected chi connectivity index (χ3v) is 4.55. The van der Waals surface area contributed by atoms with Crippen LogP contribution in [0.3, 0.4) is 0 Å². The van der Waals surface area contributed by atoms with Crippen molar-refractivity contribution in [3.05, 3.63) is 77.3 Å². The van der Waals surface area contributed by atoms with Gasteiger partial charge in [0.25, 0.3) is 0 Å². The molecule has 0 aliphatic rings. The second-order valence-electron chi connectivity index (χ2n) is 6.30. The van der Waals surface area contributed by atoms with Gasteiger partial charge in [0.05, 0.1) is 27.0 Å². The van der Waals surface area contributed by atoms with Gasteiger partial charge in [-0.3, -0.25) is 4.79 Å². The molecular formula is C24H22ClNO5. The van der Waals surface area contributed by atoms with Crippen LogP contribution in [0.4, 0.5) is 5.69 Å². The van der Waals surface area contributed by atoms with E-state index >= 15 is 0 Å². The van der Waals surface area contributed by atoms with Crippen molar-refractivity contribution in [2.24, 2.45) is 0 Å². The van der Waals surface area contributed by atoms with Crippen LogP contribution in [0.15, 0.2) is 66.7 Å². The van der Waals surface area contributed by atoms with Gasteiger partial charge in [-0.1, -0.05) is 29.8 Å². The predicted molar refractivity (Wildman–Crippen MR) is 122 cm³/mol. The summed E-state index contributed by atoms with van der Waals surface area (Å²) in [6.45, 7) is 0. The molecule has 0 unspecified atom stereocenters. The van der Waals surface area contributed by atoms with E-state index in [1.165, 1.54) is 20.3 Å². The van der Waals surface area contributed by atoms with Crippen molar-refractivity contribution in [1.29, 1.82) is 0 Å².